The molecule has 0 radical (unpaired) electrons. The number of rotatable bonds is 7. The molecule has 278 valence electrons. The number of hydrogen-bond donors (Lipinski definition) is 0. The summed E-state index contributed by atoms with van der Waals surface area (Å²) in [7, 11) is 0. The van der Waals surface area contributed by atoms with Crippen LogP contribution in [0.15, 0.2) is 165 Å². The van der Waals surface area contributed by atoms with Gasteiger partial charge >= 0.3 is 0 Å². The fourth-order valence-electron chi connectivity index (χ4n) is 8.16. The van der Waals surface area contributed by atoms with E-state index in [0.717, 1.165) is 65.4 Å². The van der Waals surface area contributed by atoms with E-state index in [4.69, 9.17) is 9.47 Å². The molecule has 0 fully saturated rings. The molecule has 6 heterocycles. The molecule has 0 spiro atoms. The number of para-hydroxylation sites is 2. The second kappa shape index (κ2) is 13.0. The van der Waals surface area contributed by atoms with Crippen LogP contribution < -0.4 is 9.47 Å². The molecule has 12 aromatic rings. The van der Waals surface area contributed by atoms with Crippen molar-refractivity contribution in [3.05, 3.63) is 165 Å². The average molecular weight is 766 g/mol. The van der Waals surface area contributed by atoms with Gasteiger partial charge in [-0.3, -0.25) is 13.7 Å². The van der Waals surface area contributed by atoms with Crippen LogP contribution in [0.5, 0.6) is 23.0 Å². The lowest BCUT2D eigenvalue weighted by Gasteiger charge is -2.10. The third-order valence-corrected chi connectivity index (χ3v) is 10.6. The lowest BCUT2D eigenvalue weighted by Crippen LogP contribution is -2.01. The Morgan fingerprint density at radius 3 is 1.02 bits per heavy atom. The molecule has 0 amide bonds. The number of hydrogen-bond acceptors (Lipinski definition) is 10. The van der Waals surface area contributed by atoms with Gasteiger partial charge in [0, 0.05) is 69.0 Å². The van der Waals surface area contributed by atoms with Gasteiger partial charge in [-0.1, -0.05) is 36.4 Å². The average Bonchev–Trinajstić information content (AvgIpc) is 3.92. The predicted molar refractivity (Wildman–Crippen MR) is 225 cm³/mol. The Labute approximate surface area is 333 Å². The fraction of sp³-hybridized carbons (Fsp3) is 0. The summed E-state index contributed by atoms with van der Waals surface area (Å²) in [6.45, 7) is 0. The summed E-state index contributed by atoms with van der Waals surface area (Å²) in [5, 5.41) is 6.34. The van der Waals surface area contributed by atoms with Crippen molar-refractivity contribution in [1.82, 2.24) is 53.6 Å². The summed E-state index contributed by atoms with van der Waals surface area (Å²) in [6.07, 6.45) is 9.49. The zero-order valence-corrected chi connectivity index (χ0v) is 30.8. The van der Waals surface area contributed by atoms with E-state index in [0.29, 0.717) is 40.8 Å². The quantitative estimate of drug-likeness (QED) is 0.154. The molecular formula is C46H27N11O2. The van der Waals surface area contributed by atoms with Crippen molar-refractivity contribution in [3.8, 4) is 40.8 Å². The van der Waals surface area contributed by atoms with Crippen molar-refractivity contribution in [2.75, 3.05) is 0 Å². The largest absolute Gasteiger partial charge is 0.457 e. The van der Waals surface area contributed by atoms with Crippen molar-refractivity contribution in [1.29, 1.82) is 0 Å². The van der Waals surface area contributed by atoms with Gasteiger partial charge < -0.3 is 9.47 Å². The third-order valence-electron chi connectivity index (χ3n) is 10.6. The Hall–Kier alpha value is -8.58. The molecule has 0 N–H and O–H groups in total. The van der Waals surface area contributed by atoms with E-state index in [2.05, 4.69) is 88.4 Å². The molecular weight excluding hydrogens is 739 g/mol. The zero-order valence-electron chi connectivity index (χ0n) is 30.8. The highest BCUT2D eigenvalue weighted by atomic mass is 16.5. The highest BCUT2D eigenvalue weighted by molar-refractivity contribution is 6.11. The molecule has 6 aromatic carbocycles. The van der Waals surface area contributed by atoms with Gasteiger partial charge in [0.1, 0.15) is 48.3 Å². The first-order chi connectivity index (χ1) is 29.2. The molecule has 12 rings (SSSR count). The SMILES string of the molecule is c1cnc(-n2c3cc(Oc4ccc5c6ccccc6n(-c6ncncn6)c5c4)ccc3c3ccc(Oc4ccc5c6ccccc6n(-c6ncncn6)c5c4)cc32)nc1. The number of fused-ring (bicyclic) bond motifs is 9. The second-order valence-electron chi connectivity index (χ2n) is 13.9. The van der Waals surface area contributed by atoms with E-state index in [1.54, 1.807) is 18.5 Å². The van der Waals surface area contributed by atoms with Crippen LogP contribution in [-0.4, -0.2) is 53.6 Å². The van der Waals surface area contributed by atoms with E-state index in [-0.39, 0.29) is 0 Å². The monoisotopic (exact) mass is 765 g/mol. The molecule has 0 saturated heterocycles. The van der Waals surface area contributed by atoms with Crippen LogP contribution in [0.25, 0.3) is 83.3 Å². The van der Waals surface area contributed by atoms with Crippen LogP contribution >= 0.6 is 0 Å². The number of benzene rings is 6. The highest BCUT2D eigenvalue weighted by Crippen LogP contribution is 2.40. The summed E-state index contributed by atoms with van der Waals surface area (Å²) >= 11 is 0. The van der Waals surface area contributed by atoms with Gasteiger partial charge in [-0.15, -0.1) is 0 Å². The van der Waals surface area contributed by atoms with Crippen molar-refractivity contribution in [2.45, 2.75) is 0 Å². The van der Waals surface area contributed by atoms with Gasteiger partial charge in [0.2, 0.25) is 17.8 Å². The lowest BCUT2D eigenvalue weighted by atomic mass is 10.1. The van der Waals surface area contributed by atoms with E-state index in [9.17, 15) is 0 Å². The van der Waals surface area contributed by atoms with Gasteiger partial charge in [-0.25, -0.2) is 39.9 Å². The van der Waals surface area contributed by atoms with Gasteiger partial charge in [-0.2, -0.15) is 0 Å². The lowest BCUT2D eigenvalue weighted by molar-refractivity contribution is 0.484. The molecule has 6 aromatic heterocycles. The minimum atomic E-state index is 0.522. The molecule has 0 aliphatic heterocycles. The normalized spacial score (nSPS) is 11.7. The molecule has 13 nitrogen and oxygen atoms in total. The van der Waals surface area contributed by atoms with Crippen molar-refractivity contribution < 1.29 is 9.47 Å². The van der Waals surface area contributed by atoms with Gasteiger partial charge in [-0.05, 0) is 66.7 Å². The van der Waals surface area contributed by atoms with Crippen molar-refractivity contribution in [3.63, 3.8) is 0 Å². The summed E-state index contributed by atoms with van der Waals surface area (Å²) < 4.78 is 19.3. The Bertz CT molecular complexity index is 3350. The van der Waals surface area contributed by atoms with Crippen molar-refractivity contribution >= 4 is 65.4 Å². The van der Waals surface area contributed by atoms with E-state index in [1.165, 1.54) is 25.3 Å². The first-order valence-corrected chi connectivity index (χ1v) is 18.8. The van der Waals surface area contributed by atoms with E-state index >= 15 is 0 Å². The molecule has 0 aliphatic carbocycles. The van der Waals surface area contributed by atoms with Crippen LogP contribution in [0.3, 0.4) is 0 Å². The maximum atomic E-state index is 6.61. The minimum Gasteiger partial charge on any atom is -0.457 e. The maximum absolute atomic E-state index is 6.61. The van der Waals surface area contributed by atoms with Gasteiger partial charge in [0.25, 0.3) is 0 Å². The van der Waals surface area contributed by atoms with Crippen molar-refractivity contribution in [2.24, 2.45) is 0 Å². The summed E-state index contributed by atoms with van der Waals surface area (Å²) in [6, 6.07) is 42.5. The van der Waals surface area contributed by atoms with Gasteiger partial charge in [0.15, 0.2) is 0 Å². The Morgan fingerprint density at radius 1 is 0.305 bits per heavy atom. The number of nitrogens with zero attached hydrogens (tertiary/aromatic N) is 11. The van der Waals surface area contributed by atoms with E-state index in [1.807, 2.05) is 86.5 Å². The number of ether oxygens (including phenoxy) is 2. The molecule has 13 heteroatoms. The van der Waals surface area contributed by atoms with Crippen LogP contribution in [0, 0.1) is 0 Å². The summed E-state index contributed by atoms with van der Waals surface area (Å²) in [5.74, 6) is 4.21. The molecule has 0 aliphatic rings. The van der Waals surface area contributed by atoms with E-state index < -0.39 is 0 Å². The Balaban J connectivity index is 0.955. The minimum absolute atomic E-state index is 0.522. The zero-order chi connectivity index (χ0) is 38.9. The Kier molecular flexibility index (Phi) is 7.19. The fourth-order valence-corrected chi connectivity index (χ4v) is 8.16. The molecule has 0 bridgehead atoms. The predicted octanol–water partition coefficient (Wildman–Crippen LogP) is 9.72. The first kappa shape index (κ1) is 32.6. The molecule has 0 atom stereocenters. The third kappa shape index (κ3) is 5.26. The summed E-state index contributed by atoms with van der Waals surface area (Å²) in [4.78, 5) is 35.2. The highest BCUT2D eigenvalue weighted by Gasteiger charge is 2.19. The smallest absolute Gasteiger partial charge is 0.237 e. The van der Waals surface area contributed by atoms with Crippen LogP contribution in [0.1, 0.15) is 0 Å². The molecule has 0 unspecified atom stereocenters. The Morgan fingerprint density at radius 2 is 0.627 bits per heavy atom. The maximum Gasteiger partial charge on any atom is 0.237 e. The summed E-state index contributed by atoms with van der Waals surface area (Å²) in [5.41, 5.74) is 5.58. The van der Waals surface area contributed by atoms with Crippen LogP contribution in [-0.2, 0) is 0 Å². The second-order valence-corrected chi connectivity index (χ2v) is 13.9. The van der Waals surface area contributed by atoms with Crippen LogP contribution in [0.4, 0.5) is 0 Å². The molecule has 59 heavy (non-hydrogen) atoms. The molecule has 0 saturated carbocycles. The number of aromatic nitrogens is 11. The topological polar surface area (TPSA) is 136 Å². The van der Waals surface area contributed by atoms with Crippen LogP contribution in [0.2, 0.25) is 0 Å². The van der Waals surface area contributed by atoms with Gasteiger partial charge in [0.05, 0.1) is 33.1 Å². The standard InChI is InChI=1S/C46H27N11O2/c1-3-8-38-32(6-1)34-14-10-28(20-40(34)55(38)45-51-24-47-25-52-45)58-30-12-16-36-37-17-13-31(23-43(37)57(42(36)22-30)44-49-18-5-19-50-44)59-29-11-15-35-33-7-2-4-9-39(33)56(41(35)21-29)46-53-26-48-27-54-46/h1-27H. The first-order valence-electron chi connectivity index (χ1n) is 18.8.